The van der Waals surface area contributed by atoms with Gasteiger partial charge in [-0.1, -0.05) is 12.1 Å². The van der Waals surface area contributed by atoms with E-state index in [1.165, 1.54) is 38.5 Å². The van der Waals surface area contributed by atoms with E-state index in [1.54, 1.807) is 12.1 Å². The summed E-state index contributed by atoms with van der Waals surface area (Å²) in [5.41, 5.74) is 2.05. The Hall–Kier alpha value is -2.07. The minimum absolute atomic E-state index is 0.285. The van der Waals surface area contributed by atoms with Crippen molar-refractivity contribution < 1.29 is 13.9 Å². The van der Waals surface area contributed by atoms with Crippen LogP contribution in [0.25, 0.3) is 11.3 Å². The summed E-state index contributed by atoms with van der Waals surface area (Å²) < 4.78 is 11.2. The van der Waals surface area contributed by atoms with Gasteiger partial charge in [0.25, 0.3) is 0 Å². The number of carbonyl (C=O) groups excluding carboxylic acids is 1. The number of benzene rings is 1. The quantitative estimate of drug-likeness (QED) is 0.588. The summed E-state index contributed by atoms with van der Waals surface area (Å²) >= 11 is 0. The highest BCUT2D eigenvalue weighted by Gasteiger charge is 2.52. The molecule has 4 bridgehead atoms. The van der Waals surface area contributed by atoms with Gasteiger partial charge in [-0.3, -0.25) is 0 Å². The molecule has 0 aliphatic heterocycles. The first-order valence-electron chi connectivity index (χ1n) is 11.6. The lowest BCUT2D eigenvalue weighted by Crippen LogP contribution is -2.54. The molecule has 1 heterocycles. The molecule has 4 saturated carbocycles. The van der Waals surface area contributed by atoms with Crippen molar-refractivity contribution in [2.75, 3.05) is 6.61 Å². The molecule has 30 heavy (non-hydrogen) atoms. The van der Waals surface area contributed by atoms with Crippen LogP contribution in [-0.4, -0.2) is 18.6 Å². The number of nitrogens with one attached hydrogen (secondary N) is 1. The first-order chi connectivity index (χ1) is 14.5. The summed E-state index contributed by atoms with van der Waals surface area (Å²) in [7, 11) is 0. The van der Waals surface area contributed by atoms with Crippen molar-refractivity contribution in [1.29, 1.82) is 0 Å². The van der Waals surface area contributed by atoms with E-state index in [9.17, 15) is 4.79 Å². The number of ether oxygens (including phenoxy) is 1. The molecule has 4 aliphatic rings. The Morgan fingerprint density at radius 1 is 1.07 bits per heavy atom. The average molecular weight is 408 g/mol. The molecule has 0 spiro atoms. The number of hydrogen-bond acceptors (Lipinski definition) is 4. The molecule has 2 aromatic rings. The van der Waals surface area contributed by atoms with Gasteiger partial charge >= 0.3 is 5.97 Å². The van der Waals surface area contributed by atoms with Gasteiger partial charge in [-0.05, 0) is 99.8 Å². The van der Waals surface area contributed by atoms with Crippen molar-refractivity contribution >= 4 is 5.97 Å². The molecule has 0 saturated heterocycles. The molecule has 4 aliphatic carbocycles. The fraction of sp³-hybridized carbons (Fsp3) is 0.577. The van der Waals surface area contributed by atoms with Gasteiger partial charge in [0.1, 0.15) is 11.5 Å². The third-order valence-corrected chi connectivity index (χ3v) is 7.93. The van der Waals surface area contributed by atoms with Gasteiger partial charge in [0.15, 0.2) is 0 Å². The predicted octanol–water partition coefficient (Wildman–Crippen LogP) is 5.82. The molecular formula is C26H33NO3. The SMILES string of the molecule is CCOC(=O)c1ccc(-c2ccc(CN[C@H](C)C34CC5CC(CC(C5)C3)C4)o2)cc1. The van der Waals surface area contributed by atoms with Crippen molar-refractivity contribution in [3.63, 3.8) is 0 Å². The second kappa shape index (κ2) is 7.88. The molecule has 1 aromatic carbocycles. The van der Waals surface area contributed by atoms with Crippen LogP contribution in [0, 0.1) is 23.2 Å². The Morgan fingerprint density at radius 2 is 1.70 bits per heavy atom. The van der Waals surface area contributed by atoms with Crippen LogP contribution in [0.15, 0.2) is 40.8 Å². The van der Waals surface area contributed by atoms with Crippen LogP contribution >= 0.6 is 0 Å². The van der Waals surface area contributed by atoms with Crippen molar-refractivity contribution in [3.8, 4) is 11.3 Å². The van der Waals surface area contributed by atoms with Crippen molar-refractivity contribution in [1.82, 2.24) is 5.32 Å². The number of esters is 1. The molecule has 160 valence electrons. The molecule has 0 unspecified atom stereocenters. The van der Waals surface area contributed by atoms with Gasteiger partial charge in [-0.25, -0.2) is 4.79 Å². The van der Waals surface area contributed by atoms with E-state index < -0.39 is 0 Å². The maximum atomic E-state index is 11.8. The lowest BCUT2D eigenvalue weighted by Gasteiger charge is -2.59. The van der Waals surface area contributed by atoms with E-state index in [0.717, 1.165) is 41.4 Å². The normalized spacial score (nSPS) is 30.4. The van der Waals surface area contributed by atoms with Crippen molar-refractivity contribution in [2.24, 2.45) is 23.2 Å². The Kier molecular flexibility index (Phi) is 5.22. The van der Waals surface area contributed by atoms with Crippen molar-refractivity contribution in [3.05, 3.63) is 47.7 Å². The molecule has 4 heteroatoms. The van der Waals surface area contributed by atoms with Crippen molar-refractivity contribution in [2.45, 2.75) is 65.0 Å². The standard InChI is InChI=1S/C26H33NO3/c1-3-29-25(28)22-6-4-21(5-7-22)24-9-8-23(30-24)16-27-17(2)26-13-18-10-19(14-26)12-20(11-18)15-26/h4-9,17-20,27H,3,10-16H2,1-2H3/t17-,18?,19?,20?,26?/m1/s1. The lowest BCUT2D eigenvalue weighted by atomic mass is 9.48. The van der Waals surface area contributed by atoms with Crippen LogP contribution in [0.2, 0.25) is 0 Å². The first-order valence-corrected chi connectivity index (χ1v) is 11.6. The van der Waals surface area contributed by atoms with Gasteiger partial charge in [0.05, 0.1) is 18.7 Å². The van der Waals surface area contributed by atoms with E-state index >= 15 is 0 Å². The van der Waals surface area contributed by atoms with Gasteiger partial charge in [0.2, 0.25) is 0 Å². The van der Waals surface area contributed by atoms with Crippen LogP contribution in [-0.2, 0) is 11.3 Å². The van der Waals surface area contributed by atoms with Crippen LogP contribution in [0.5, 0.6) is 0 Å². The number of hydrogen-bond donors (Lipinski definition) is 1. The molecule has 4 nitrogen and oxygen atoms in total. The molecule has 6 rings (SSSR count). The summed E-state index contributed by atoms with van der Waals surface area (Å²) in [4.78, 5) is 11.8. The predicted molar refractivity (Wildman–Crippen MR) is 117 cm³/mol. The largest absolute Gasteiger partial charge is 0.462 e. The Labute approximate surface area is 179 Å². The van der Waals surface area contributed by atoms with Crippen LogP contribution in [0.3, 0.4) is 0 Å². The van der Waals surface area contributed by atoms with E-state index in [-0.39, 0.29) is 5.97 Å². The van der Waals surface area contributed by atoms with Crippen LogP contribution < -0.4 is 5.32 Å². The van der Waals surface area contributed by atoms with Gasteiger partial charge in [-0.2, -0.15) is 0 Å². The molecule has 0 amide bonds. The lowest BCUT2D eigenvalue weighted by molar-refractivity contribution is -0.0708. The van der Waals surface area contributed by atoms with E-state index in [1.807, 2.05) is 25.1 Å². The topological polar surface area (TPSA) is 51.5 Å². The number of carbonyl (C=O) groups is 1. The van der Waals surface area contributed by atoms with E-state index in [4.69, 9.17) is 9.15 Å². The van der Waals surface area contributed by atoms with E-state index in [2.05, 4.69) is 18.3 Å². The zero-order valence-electron chi connectivity index (χ0n) is 18.2. The summed E-state index contributed by atoms with van der Waals surface area (Å²) in [5.74, 6) is 4.46. The maximum absolute atomic E-state index is 11.8. The fourth-order valence-electron chi connectivity index (χ4n) is 6.79. The summed E-state index contributed by atoms with van der Waals surface area (Å²) in [6.07, 6.45) is 8.73. The summed E-state index contributed by atoms with van der Waals surface area (Å²) in [6.45, 7) is 5.36. The van der Waals surface area contributed by atoms with Crippen LogP contribution in [0.1, 0.15) is 68.5 Å². The highest BCUT2D eigenvalue weighted by molar-refractivity contribution is 5.89. The molecule has 4 fully saturated rings. The molecule has 1 atom stereocenters. The minimum Gasteiger partial charge on any atom is -0.462 e. The maximum Gasteiger partial charge on any atom is 0.338 e. The molecule has 1 aromatic heterocycles. The Bertz CT molecular complexity index is 862. The first kappa shape index (κ1) is 19.9. The van der Waals surface area contributed by atoms with E-state index in [0.29, 0.717) is 23.6 Å². The Morgan fingerprint density at radius 3 is 2.30 bits per heavy atom. The Balaban J connectivity index is 1.21. The molecule has 1 N–H and O–H groups in total. The van der Waals surface area contributed by atoms with Gasteiger partial charge in [0, 0.05) is 11.6 Å². The van der Waals surface area contributed by atoms with Crippen LogP contribution in [0.4, 0.5) is 0 Å². The van der Waals surface area contributed by atoms with Gasteiger partial charge in [-0.15, -0.1) is 0 Å². The fourth-order valence-corrected chi connectivity index (χ4v) is 6.79. The summed E-state index contributed by atoms with van der Waals surface area (Å²) in [6, 6.07) is 12.0. The third-order valence-electron chi connectivity index (χ3n) is 7.93. The third kappa shape index (κ3) is 3.71. The summed E-state index contributed by atoms with van der Waals surface area (Å²) in [5, 5.41) is 3.80. The average Bonchev–Trinajstić information content (AvgIpc) is 3.20. The monoisotopic (exact) mass is 407 g/mol. The number of furan rings is 1. The second-order valence-corrected chi connectivity index (χ2v) is 9.95. The smallest absolute Gasteiger partial charge is 0.338 e. The highest BCUT2D eigenvalue weighted by atomic mass is 16.5. The molecular weight excluding hydrogens is 374 g/mol. The van der Waals surface area contributed by atoms with Gasteiger partial charge < -0.3 is 14.5 Å². The zero-order valence-corrected chi connectivity index (χ0v) is 18.2. The zero-order chi connectivity index (χ0) is 20.7. The molecule has 0 radical (unpaired) electrons. The second-order valence-electron chi connectivity index (χ2n) is 9.95. The highest BCUT2D eigenvalue weighted by Crippen LogP contribution is 2.61. The number of rotatable bonds is 7. The minimum atomic E-state index is -0.285.